The molecule has 1 aliphatic carbocycles. The van der Waals surface area contributed by atoms with Crippen LogP contribution in [0.3, 0.4) is 0 Å². The van der Waals surface area contributed by atoms with Crippen LogP contribution in [0.15, 0.2) is 35.5 Å². The molecule has 2 aliphatic rings. The molecule has 4 rings (SSSR count). The van der Waals surface area contributed by atoms with Crippen molar-refractivity contribution in [1.29, 1.82) is 0 Å². The number of rotatable bonds is 4. The van der Waals surface area contributed by atoms with Crippen LogP contribution in [0.1, 0.15) is 46.3 Å². The van der Waals surface area contributed by atoms with Gasteiger partial charge in [-0.25, -0.2) is 8.78 Å². The molecule has 4 nitrogen and oxygen atoms in total. The summed E-state index contributed by atoms with van der Waals surface area (Å²) in [5.74, 6) is -3.31. The van der Waals surface area contributed by atoms with Gasteiger partial charge in [0.05, 0.1) is 20.8 Å². The first-order chi connectivity index (χ1) is 15.7. The molecule has 1 amide bonds. The lowest BCUT2D eigenvalue weighted by atomic mass is 9.86. The number of amides is 1. The molecule has 0 aromatic heterocycles. The summed E-state index contributed by atoms with van der Waals surface area (Å²) in [6.07, 6.45) is -6.41. The molecule has 0 radical (unpaired) electrons. The Morgan fingerprint density at radius 1 is 1.12 bits per heavy atom. The number of nitrogens with zero attached hydrogens (tertiary/aromatic N) is 1. The Hall–Kier alpha value is -2.10. The summed E-state index contributed by atoms with van der Waals surface area (Å²) >= 11 is 17.8. The van der Waals surface area contributed by atoms with E-state index in [0.29, 0.717) is 11.1 Å². The molecule has 2 aromatic rings. The predicted octanol–water partition coefficient (Wildman–Crippen LogP) is 7.06. The SMILES string of the molecule is Cc1cc(C2=NOC(c3cc(Cl)c(Cl)c(Cl)c3)(C(F)(F)F)C2)ccc1C(=O)NC1CC(F)(F)C1. The van der Waals surface area contributed by atoms with Crippen molar-refractivity contribution in [3.63, 3.8) is 0 Å². The molecule has 182 valence electrons. The Labute approximate surface area is 206 Å². The molecule has 34 heavy (non-hydrogen) atoms. The molecule has 1 atom stereocenters. The molecule has 12 heteroatoms. The molecule has 1 N–H and O–H groups in total. The Morgan fingerprint density at radius 3 is 2.26 bits per heavy atom. The Morgan fingerprint density at radius 2 is 1.74 bits per heavy atom. The largest absolute Gasteiger partial charge is 0.435 e. The van der Waals surface area contributed by atoms with E-state index in [1.807, 2.05) is 0 Å². The maximum atomic E-state index is 14.2. The van der Waals surface area contributed by atoms with E-state index in [4.69, 9.17) is 39.6 Å². The first-order valence-corrected chi connectivity index (χ1v) is 11.1. The van der Waals surface area contributed by atoms with Gasteiger partial charge in [0, 0.05) is 36.4 Å². The summed E-state index contributed by atoms with van der Waals surface area (Å²) in [5, 5.41) is 5.79. The molecular formula is C22H16Cl3F5N2O2. The molecule has 1 fully saturated rings. The van der Waals surface area contributed by atoms with Crippen molar-refractivity contribution in [1.82, 2.24) is 5.32 Å². The van der Waals surface area contributed by atoms with E-state index in [0.717, 1.165) is 12.1 Å². The van der Waals surface area contributed by atoms with Crippen molar-refractivity contribution >= 4 is 46.4 Å². The van der Waals surface area contributed by atoms with E-state index in [-0.39, 0.29) is 31.9 Å². The Balaban J connectivity index is 1.58. The minimum absolute atomic E-state index is 0.00628. The summed E-state index contributed by atoms with van der Waals surface area (Å²) in [5.41, 5.74) is -2.24. The van der Waals surface area contributed by atoms with Crippen molar-refractivity contribution < 1.29 is 31.6 Å². The fraction of sp³-hybridized carbons (Fsp3) is 0.364. The number of alkyl halides is 5. The number of halogens is 8. The number of carbonyl (C=O) groups is 1. The van der Waals surface area contributed by atoms with E-state index in [2.05, 4.69) is 10.5 Å². The van der Waals surface area contributed by atoms with Crippen LogP contribution < -0.4 is 5.32 Å². The number of aryl methyl sites for hydroxylation is 1. The lowest BCUT2D eigenvalue weighted by Gasteiger charge is -2.35. The first kappa shape index (κ1) is 25.0. The van der Waals surface area contributed by atoms with Gasteiger partial charge in [-0.15, -0.1) is 0 Å². The van der Waals surface area contributed by atoms with Gasteiger partial charge in [0.15, 0.2) is 0 Å². The van der Waals surface area contributed by atoms with Gasteiger partial charge < -0.3 is 10.2 Å². The van der Waals surface area contributed by atoms with Crippen LogP contribution in [0.25, 0.3) is 0 Å². The number of nitrogens with one attached hydrogen (secondary N) is 1. The van der Waals surface area contributed by atoms with Crippen molar-refractivity contribution in [2.45, 2.75) is 49.9 Å². The predicted molar refractivity (Wildman–Crippen MR) is 118 cm³/mol. The average molecular weight is 542 g/mol. The number of carbonyl (C=O) groups excluding carboxylic acids is 1. The quantitative estimate of drug-likeness (QED) is 0.333. The molecule has 1 saturated carbocycles. The normalized spacial score (nSPS) is 22.1. The van der Waals surface area contributed by atoms with Crippen LogP contribution in [-0.2, 0) is 10.4 Å². The molecule has 2 aromatic carbocycles. The van der Waals surface area contributed by atoms with Gasteiger partial charge in [0.1, 0.15) is 0 Å². The highest BCUT2D eigenvalue weighted by Crippen LogP contribution is 2.50. The van der Waals surface area contributed by atoms with E-state index >= 15 is 0 Å². The van der Waals surface area contributed by atoms with E-state index in [1.165, 1.54) is 18.2 Å². The van der Waals surface area contributed by atoms with Gasteiger partial charge in [0.2, 0.25) is 0 Å². The van der Waals surface area contributed by atoms with Gasteiger partial charge in [-0.05, 0) is 42.3 Å². The Kier molecular flexibility index (Phi) is 6.28. The van der Waals surface area contributed by atoms with Crippen LogP contribution in [0.4, 0.5) is 22.0 Å². The van der Waals surface area contributed by atoms with Gasteiger partial charge in [0.25, 0.3) is 17.4 Å². The summed E-state index contributed by atoms with van der Waals surface area (Å²) in [7, 11) is 0. The van der Waals surface area contributed by atoms with Gasteiger partial charge in [-0.2, -0.15) is 13.2 Å². The number of benzene rings is 2. The molecule has 1 heterocycles. The molecule has 0 spiro atoms. The number of hydrogen-bond acceptors (Lipinski definition) is 3. The second-order valence-electron chi connectivity index (χ2n) is 8.35. The third kappa shape index (κ3) is 4.45. The maximum absolute atomic E-state index is 14.2. The maximum Gasteiger partial charge on any atom is 0.435 e. The highest BCUT2D eigenvalue weighted by molar-refractivity contribution is 6.48. The van der Waals surface area contributed by atoms with Crippen molar-refractivity contribution in [2.24, 2.45) is 5.16 Å². The molecule has 1 unspecified atom stereocenters. The number of oxime groups is 1. The standard InChI is InChI=1S/C22H16Cl3F5N2O2/c1-10-4-11(2-3-14(10)19(33)31-13-7-20(26,27)8-13)17-9-21(34-32-17,22(28,29)30)12-5-15(23)18(25)16(24)6-12/h2-6,13H,7-9H2,1H3,(H,31,33). The third-order valence-corrected chi connectivity index (χ3v) is 7.06. The summed E-state index contributed by atoms with van der Waals surface area (Å²) in [6, 6.07) is 5.76. The first-order valence-electron chi connectivity index (χ1n) is 9.99. The van der Waals surface area contributed by atoms with Crippen molar-refractivity contribution in [3.05, 3.63) is 67.7 Å². The van der Waals surface area contributed by atoms with Gasteiger partial charge in [-0.3, -0.25) is 4.79 Å². The van der Waals surface area contributed by atoms with E-state index in [9.17, 15) is 26.7 Å². The van der Waals surface area contributed by atoms with Gasteiger partial charge in [-0.1, -0.05) is 46.0 Å². The summed E-state index contributed by atoms with van der Waals surface area (Å²) < 4.78 is 68.6. The van der Waals surface area contributed by atoms with Crippen LogP contribution >= 0.6 is 34.8 Å². The molecule has 0 saturated heterocycles. The van der Waals surface area contributed by atoms with E-state index in [1.54, 1.807) is 6.92 Å². The lowest BCUT2D eigenvalue weighted by molar-refractivity contribution is -0.275. The second-order valence-corrected chi connectivity index (χ2v) is 9.54. The Bertz CT molecular complexity index is 1170. The summed E-state index contributed by atoms with van der Waals surface area (Å²) in [4.78, 5) is 17.4. The summed E-state index contributed by atoms with van der Waals surface area (Å²) in [6.45, 7) is 1.58. The smallest absolute Gasteiger partial charge is 0.374 e. The fourth-order valence-corrected chi connectivity index (χ4v) is 4.57. The monoisotopic (exact) mass is 540 g/mol. The van der Waals surface area contributed by atoms with Crippen LogP contribution in [0, 0.1) is 6.92 Å². The second kappa shape index (κ2) is 8.53. The minimum Gasteiger partial charge on any atom is -0.374 e. The number of hydrogen-bond donors (Lipinski definition) is 1. The van der Waals surface area contributed by atoms with Crippen LogP contribution in [-0.4, -0.2) is 29.8 Å². The van der Waals surface area contributed by atoms with E-state index < -0.39 is 48.9 Å². The van der Waals surface area contributed by atoms with Gasteiger partial charge >= 0.3 is 6.18 Å². The molecular weight excluding hydrogens is 526 g/mol. The highest BCUT2D eigenvalue weighted by atomic mass is 35.5. The highest BCUT2D eigenvalue weighted by Gasteiger charge is 2.62. The van der Waals surface area contributed by atoms with Crippen LogP contribution in [0.5, 0.6) is 0 Å². The topological polar surface area (TPSA) is 50.7 Å². The minimum atomic E-state index is -4.88. The molecule has 0 bridgehead atoms. The zero-order valence-corrected chi connectivity index (χ0v) is 19.6. The third-order valence-electron chi connectivity index (χ3n) is 5.87. The zero-order chi connectivity index (χ0) is 25.1. The van der Waals surface area contributed by atoms with Crippen LogP contribution in [0.2, 0.25) is 15.1 Å². The zero-order valence-electron chi connectivity index (χ0n) is 17.4. The van der Waals surface area contributed by atoms with Crippen molar-refractivity contribution in [3.8, 4) is 0 Å². The van der Waals surface area contributed by atoms with Crippen molar-refractivity contribution in [2.75, 3.05) is 0 Å². The average Bonchev–Trinajstić information content (AvgIpc) is 3.17. The lowest BCUT2D eigenvalue weighted by Crippen LogP contribution is -2.50. The fourth-order valence-electron chi connectivity index (χ4n) is 3.97. The molecule has 1 aliphatic heterocycles.